The Morgan fingerprint density at radius 3 is 2.72 bits per heavy atom. The molecule has 0 unspecified atom stereocenters. The van der Waals surface area contributed by atoms with Crippen molar-refractivity contribution in [2.24, 2.45) is 0 Å². The van der Waals surface area contributed by atoms with Crippen LogP contribution in [-0.4, -0.2) is 23.3 Å². The monoisotopic (exact) mass is 247 g/mol. The van der Waals surface area contributed by atoms with E-state index in [4.69, 9.17) is 14.4 Å². The fourth-order valence-electron chi connectivity index (χ4n) is 1.67. The molecule has 5 nitrogen and oxygen atoms in total. The molecular formula is C13H13NO4. The third kappa shape index (κ3) is 2.68. The van der Waals surface area contributed by atoms with Gasteiger partial charge in [-0.05, 0) is 17.7 Å². The minimum Gasteiger partial charge on any atom is -0.497 e. The number of carboxylic acids is 1. The van der Waals surface area contributed by atoms with Crippen LogP contribution in [0.25, 0.3) is 11.1 Å². The maximum absolute atomic E-state index is 10.5. The van der Waals surface area contributed by atoms with Gasteiger partial charge in [-0.25, -0.2) is 0 Å². The predicted octanol–water partition coefficient (Wildman–Crippen LogP) is 2.37. The van der Waals surface area contributed by atoms with Gasteiger partial charge in [0.1, 0.15) is 11.5 Å². The molecule has 94 valence electrons. The molecule has 0 aliphatic carbocycles. The lowest BCUT2D eigenvalue weighted by Gasteiger charge is -2.02. The van der Waals surface area contributed by atoms with Crippen LogP contribution in [0.15, 0.2) is 35.0 Å². The number of carbonyl (C=O) groups is 1. The summed E-state index contributed by atoms with van der Waals surface area (Å²) in [7, 11) is 1.60. The zero-order valence-corrected chi connectivity index (χ0v) is 9.92. The van der Waals surface area contributed by atoms with E-state index >= 15 is 0 Å². The second-order valence-corrected chi connectivity index (χ2v) is 3.78. The first-order valence-corrected chi connectivity index (χ1v) is 5.50. The molecule has 0 aliphatic rings. The summed E-state index contributed by atoms with van der Waals surface area (Å²) in [5, 5.41) is 12.4. The highest BCUT2D eigenvalue weighted by Crippen LogP contribution is 2.26. The topological polar surface area (TPSA) is 72.6 Å². The van der Waals surface area contributed by atoms with E-state index in [2.05, 4.69) is 5.16 Å². The number of aromatic nitrogens is 1. The number of methoxy groups -OCH3 is 1. The summed E-state index contributed by atoms with van der Waals surface area (Å²) in [6.07, 6.45) is 1.95. The van der Waals surface area contributed by atoms with Crippen LogP contribution >= 0.6 is 0 Å². The van der Waals surface area contributed by atoms with Gasteiger partial charge in [0.05, 0.1) is 19.7 Å². The van der Waals surface area contributed by atoms with Crippen LogP contribution in [-0.2, 0) is 11.2 Å². The Morgan fingerprint density at radius 2 is 2.11 bits per heavy atom. The molecule has 5 heteroatoms. The van der Waals surface area contributed by atoms with Crippen molar-refractivity contribution < 1.29 is 19.2 Å². The molecule has 0 fully saturated rings. The van der Waals surface area contributed by atoms with E-state index in [0.29, 0.717) is 12.2 Å². The number of carboxylic acid groups (broad SMARTS) is 1. The van der Waals surface area contributed by atoms with Crippen LogP contribution < -0.4 is 4.74 Å². The van der Waals surface area contributed by atoms with Crippen molar-refractivity contribution in [3.8, 4) is 16.9 Å². The van der Waals surface area contributed by atoms with E-state index in [-0.39, 0.29) is 6.42 Å². The molecule has 0 amide bonds. The first-order chi connectivity index (χ1) is 8.70. The zero-order chi connectivity index (χ0) is 13.0. The first-order valence-electron chi connectivity index (χ1n) is 5.50. The van der Waals surface area contributed by atoms with Gasteiger partial charge in [0.15, 0.2) is 0 Å². The van der Waals surface area contributed by atoms with Crippen LogP contribution in [0.5, 0.6) is 5.75 Å². The molecule has 2 rings (SSSR count). The molecule has 18 heavy (non-hydrogen) atoms. The van der Waals surface area contributed by atoms with Crippen molar-refractivity contribution in [2.75, 3.05) is 7.11 Å². The van der Waals surface area contributed by atoms with Crippen molar-refractivity contribution in [1.29, 1.82) is 0 Å². The second kappa shape index (κ2) is 5.35. The van der Waals surface area contributed by atoms with E-state index in [1.807, 2.05) is 24.3 Å². The van der Waals surface area contributed by atoms with E-state index in [0.717, 1.165) is 16.9 Å². The number of nitrogens with zero attached hydrogens (tertiary/aromatic N) is 1. The van der Waals surface area contributed by atoms with Crippen LogP contribution in [0, 0.1) is 0 Å². The normalized spacial score (nSPS) is 10.3. The molecular weight excluding hydrogens is 234 g/mol. The highest BCUT2D eigenvalue weighted by atomic mass is 16.5. The molecule has 1 N–H and O–H groups in total. The number of benzene rings is 1. The lowest BCUT2D eigenvalue weighted by molar-refractivity contribution is -0.137. The average molecular weight is 247 g/mol. The number of aliphatic carboxylic acids is 1. The number of rotatable bonds is 5. The summed E-state index contributed by atoms with van der Waals surface area (Å²) in [5.74, 6) is 0.497. The van der Waals surface area contributed by atoms with Crippen molar-refractivity contribution in [2.45, 2.75) is 12.8 Å². The quantitative estimate of drug-likeness (QED) is 0.878. The zero-order valence-electron chi connectivity index (χ0n) is 9.92. The third-order valence-electron chi connectivity index (χ3n) is 2.61. The molecule has 0 aliphatic heterocycles. The summed E-state index contributed by atoms with van der Waals surface area (Å²) in [6.45, 7) is 0. The SMILES string of the molecule is COc1ccc(-c2cnoc2CCC(=O)O)cc1. The highest BCUT2D eigenvalue weighted by Gasteiger charge is 2.11. The molecule has 1 heterocycles. The number of hydrogen-bond donors (Lipinski definition) is 1. The van der Waals surface area contributed by atoms with Crippen molar-refractivity contribution in [1.82, 2.24) is 5.16 Å². The molecule has 0 saturated carbocycles. The minimum absolute atomic E-state index is 0.0261. The van der Waals surface area contributed by atoms with Gasteiger partial charge in [-0.2, -0.15) is 0 Å². The Balaban J connectivity index is 2.21. The van der Waals surface area contributed by atoms with Crippen molar-refractivity contribution >= 4 is 5.97 Å². The van der Waals surface area contributed by atoms with Gasteiger partial charge >= 0.3 is 5.97 Å². The van der Waals surface area contributed by atoms with Crippen LogP contribution in [0.1, 0.15) is 12.2 Å². The fraction of sp³-hybridized carbons (Fsp3) is 0.231. The van der Waals surface area contributed by atoms with Gasteiger partial charge < -0.3 is 14.4 Å². The van der Waals surface area contributed by atoms with Gasteiger partial charge in [-0.1, -0.05) is 17.3 Å². The Kier molecular flexibility index (Phi) is 3.62. The van der Waals surface area contributed by atoms with Crippen LogP contribution in [0.4, 0.5) is 0 Å². The Morgan fingerprint density at radius 1 is 1.39 bits per heavy atom. The molecule has 0 bridgehead atoms. The third-order valence-corrected chi connectivity index (χ3v) is 2.61. The Labute approximate surface area is 104 Å². The number of hydrogen-bond acceptors (Lipinski definition) is 4. The van der Waals surface area contributed by atoms with E-state index in [1.54, 1.807) is 13.3 Å². The van der Waals surface area contributed by atoms with Crippen molar-refractivity contribution in [3.05, 3.63) is 36.2 Å². The molecule has 0 atom stereocenters. The van der Waals surface area contributed by atoms with Gasteiger partial charge in [-0.15, -0.1) is 0 Å². The molecule has 0 radical (unpaired) electrons. The van der Waals surface area contributed by atoms with Gasteiger partial charge in [-0.3, -0.25) is 4.79 Å². The average Bonchev–Trinajstić information content (AvgIpc) is 2.85. The standard InChI is InChI=1S/C13H13NO4/c1-17-10-4-2-9(3-5-10)11-8-14-18-12(11)6-7-13(15)16/h2-5,8H,6-7H2,1H3,(H,15,16). The summed E-state index contributed by atoms with van der Waals surface area (Å²) < 4.78 is 10.2. The summed E-state index contributed by atoms with van der Waals surface area (Å²) in [4.78, 5) is 10.5. The summed E-state index contributed by atoms with van der Waals surface area (Å²) in [5.41, 5.74) is 1.75. The molecule has 0 saturated heterocycles. The van der Waals surface area contributed by atoms with Gasteiger partial charge in [0.25, 0.3) is 0 Å². The minimum atomic E-state index is -0.855. The van der Waals surface area contributed by atoms with Crippen molar-refractivity contribution in [3.63, 3.8) is 0 Å². The number of ether oxygens (including phenoxy) is 1. The van der Waals surface area contributed by atoms with Gasteiger partial charge in [0, 0.05) is 12.0 Å². The lowest BCUT2D eigenvalue weighted by atomic mass is 10.0. The van der Waals surface area contributed by atoms with E-state index in [9.17, 15) is 4.79 Å². The van der Waals surface area contributed by atoms with E-state index < -0.39 is 5.97 Å². The predicted molar refractivity (Wildman–Crippen MR) is 64.4 cm³/mol. The highest BCUT2D eigenvalue weighted by molar-refractivity contribution is 5.69. The molecule has 0 spiro atoms. The summed E-state index contributed by atoms with van der Waals surface area (Å²) >= 11 is 0. The van der Waals surface area contributed by atoms with E-state index in [1.165, 1.54) is 0 Å². The largest absolute Gasteiger partial charge is 0.497 e. The smallest absolute Gasteiger partial charge is 0.303 e. The second-order valence-electron chi connectivity index (χ2n) is 3.78. The van der Waals surface area contributed by atoms with Crippen LogP contribution in [0.2, 0.25) is 0 Å². The van der Waals surface area contributed by atoms with Crippen LogP contribution in [0.3, 0.4) is 0 Å². The maximum atomic E-state index is 10.5. The fourth-order valence-corrected chi connectivity index (χ4v) is 1.67. The lowest BCUT2D eigenvalue weighted by Crippen LogP contribution is -1.97. The Bertz CT molecular complexity index is 530. The molecule has 1 aromatic heterocycles. The van der Waals surface area contributed by atoms with Gasteiger partial charge in [0.2, 0.25) is 0 Å². The first kappa shape index (κ1) is 12.2. The molecule has 2 aromatic rings. The summed E-state index contributed by atoms with van der Waals surface area (Å²) in [6, 6.07) is 7.44. The Hall–Kier alpha value is -2.30. The maximum Gasteiger partial charge on any atom is 0.303 e. The molecule has 1 aromatic carbocycles. The number of aryl methyl sites for hydroxylation is 1.